The Balaban J connectivity index is 1.04. The number of pyridine rings is 1. The monoisotopic (exact) mass is 780 g/mol. The molecule has 288 valence electrons. The molecule has 0 saturated carbocycles. The molecule has 0 N–H and O–H groups in total. The Kier molecular flexibility index (Phi) is 10.2. The van der Waals surface area contributed by atoms with Gasteiger partial charge in [0.05, 0.1) is 17.0 Å². The SMILES string of the molecule is CC1C#CC(c2nc(-c3ccccc3)nc(-c3ccccc3)n2)=CC1c1cccc(-c2cc(-c3ccc(-c4ccccc4)cc3)cc(-c3ccc(-c4ccccc4)cc3)n2)c1. The van der Waals surface area contributed by atoms with Crippen molar-refractivity contribution in [2.75, 3.05) is 0 Å². The van der Waals surface area contributed by atoms with Crippen LogP contribution in [0.3, 0.4) is 0 Å². The molecule has 2 heterocycles. The largest absolute Gasteiger partial charge is 0.248 e. The van der Waals surface area contributed by atoms with Gasteiger partial charge >= 0.3 is 0 Å². The van der Waals surface area contributed by atoms with E-state index in [1.807, 2.05) is 66.7 Å². The molecular weight excluding hydrogens is 741 g/mol. The Hall–Kier alpha value is -8.00. The van der Waals surface area contributed by atoms with E-state index in [4.69, 9.17) is 19.9 Å². The highest BCUT2D eigenvalue weighted by Gasteiger charge is 2.23. The van der Waals surface area contributed by atoms with Crippen molar-refractivity contribution >= 4 is 5.57 Å². The maximum atomic E-state index is 5.34. The molecule has 0 spiro atoms. The summed E-state index contributed by atoms with van der Waals surface area (Å²) in [5.74, 6) is 8.83. The summed E-state index contributed by atoms with van der Waals surface area (Å²) in [6, 6.07) is 71.8. The predicted molar refractivity (Wildman–Crippen MR) is 250 cm³/mol. The number of hydrogen-bond acceptors (Lipinski definition) is 4. The van der Waals surface area contributed by atoms with Gasteiger partial charge in [-0.3, -0.25) is 0 Å². The van der Waals surface area contributed by atoms with Crippen LogP contribution in [0.5, 0.6) is 0 Å². The van der Waals surface area contributed by atoms with Crippen LogP contribution in [0.15, 0.2) is 212 Å². The lowest BCUT2D eigenvalue weighted by molar-refractivity contribution is 0.661. The number of hydrogen-bond donors (Lipinski definition) is 0. The van der Waals surface area contributed by atoms with Crippen molar-refractivity contribution in [2.45, 2.75) is 12.8 Å². The van der Waals surface area contributed by atoms with E-state index in [2.05, 4.69) is 164 Å². The van der Waals surface area contributed by atoms with Crippen LogP contribution < -0.4 is 0 Å². The summed E-state index contributed by atoms with van der Waals surface area (Å²) >= 11 is 0. The average Bonchev–Trinajstić information content (AvgIpc) is 3.35. The topological polar surface area (TPSA) is 51.6 Å². The Labute approximate surface area is 357 Å². The molecule has 4 heteroatoms. The standard InChI is InChI=1S/C57H40N4/c1-39-25-26-50(57-60-55(46-19-10-4-11-20-46)59-56(61-57)47-21-12-5-13-22-47)36-52(39)48-23-14-24-49(35-48)54-38-51(44-29-27-42(28-30-44)40-15-6-2-7-16-40)37-53(58-54)45-33-31-43(32-34-45)41-17-8-3-9-18-41/h2-24,27-39,52H,1H3. The molecule has 1 aliphatic carbocycles. The van der Waals surface area contributed by atoms with Crippen LogP contribution in [-0.2, 0) is 0 Å². The second-order valence-electron chi connectivity index (χ2n) is 15.3. The number of allylic oxidation sites excluding steroid dienone is 2. The summed E-state index contributed by atoms with van der Waals surface area (Å²) in [5.41, 5.74) is 14.7. The van der Waals surface area contributed by atoms with E-state index in [0.29, 0.717) is 17.5 Å². The molecular formula is C57H40N4. The van der Waals surface area contributed by atoms with E-state index in [0.717, 1.165) is 55.9 Å². The smallest absolute Gasteiger partial charge is 0.172 e. The van der Waals surface area contributed by atoms with Gasteiger partial charge in [0, 0.05) is 34.1 Å². The minimum atomic E-state index is 0.00651. The molecule has 0 saturated heterocycles. The van der Waals surface area contributed by atoms with E-state index in [-0.39, 0.29) is 11.8 Å². The zero-order chi connectivity index (χ0) is 41.0. The Morgan fingerprint density at radius 2 is 0.754 bits per heavy atom. The van der Waals surface area contributed by atoms with E-state index in [9.17, 15) is 0 Å². The number of rotatable bonds is 9. The van der Waals surface area contributed by atoms with Crippen molar-refractivity contribution in [1.29, 1.82) is 0 Å². The van der Waals surface area contributed by atoms with Gasteiger partial charge in [-0.25, -0.2) is 19.9 Å². The van der Waals surface area contributed by atoms with Crippen molar-refractivity contribution in [3.05, 3.63) is 224 Å². The minimum absolute atomic E-state index is 0.00651. The lowest BCUT2D eigenvalue weighted by Crippen LogP contribution is -2.11. The van der Waals surface area contributed by atoms with Crippen molar-refractivity contribution in [1.82, 2.24) is 19.9 Å². The van der Waals surface area contributed by atoms with Crippen LogP contribution in [0.2, 0.25) is 0 Å². The molecule has 61 heavy (non-hydrogen) atoms. The van der Waals surface area contributed by atoms with Crippen LogP contribution in [0.4, 0.5) is 0 Å². The zero-order valence-electron chi connectivity index (χ0n) is 33.7. The highest BCUT2D eigenvalue weighted by Crippen LogP contribution is 2.37. The highest BCUT2D eigenvalue weighted by atomic mass is 15.0. The Morgan fingerprint density at radius 3 is 1.28 bits per heavy atom. The van der Waals surface area contributed by atoms with Crippen LogP contribution >= 0.6 is 0 Å². The minimum Gasteiger partial charge on any atom is -0.248 e. The Morgan fingerprint density at radius 1 is 0.344 bits per heavy atom. The normalized spacial score (nSPS) is 14.4. The predicted octanol–water partition coefficient (Wildman–Crippen LogP) is 13.8. The van der Waals surface area contributed by atoms with Gasteiger partial charge in [-0.2, -0.15) is 0 Å². The summed E-state index contributed by atoms with van der Waals surface area (Å²) in [5, 5.41) is 0. The van der Waals surface area contributed by atoms with Crippen molar-refractivity contribution in [2.24, 2.45) is 5.92 Å². The Bertz CT molecular complexity index is 2900. The van der Waals surface area contributed by atoms with Crippen LogP contribution in [-0.4, -0.2) is 19.9 Å². The van der Waals surface area contributed by atoms with Gasteiger partial charge in [0.1, 0.15) is 0 Å². The first-order chi connectivity index (χ1) is 30.1. The zero-order valence-corrected chi connectivity index (χ0v) is 33.7. The maximum absolute atomic E-state index is 5.34. The number of aromatic nitrogens is 4. The van der Waals surface area contributed by atoms with Crippen LogP contribution in [0.1, 0.15) is 24.2 Å². The lowest BCUT2D eigenvalue weighted by Gasteiger charge is -2.21. The third-order valence-corrected chi connectivity index (χ3v) is 11.3. The third-order valence-electron chi connectivity index (χ3n) is 11.3. The lowest BCUT2D eigenvalue weighted by atomic mass is 9.82. The first kappa shape index (κ1) is 37.3. The van der Waals surface area contributed by atoms with Crippen LogP contribution in [0, 0.1) is 17.8 Å². The summed E-state index contributed by atoms with van der Waals surface area (Å²) in [6.07, 6.45) is 2.23. The summed E-state index contributed by atoms with van der Waals surface area (Å²) in [4.78, 5) is 20.2. The first-order valence-corrected chi connectivity index (χ1v) is 20.7. The van der Waals surface area contributed by atoms with Crippen LogP contribution in [0.25, 0.3) is 84.2 Å². The molecule has 10 rings (SSSR count). The van der Waals surface area contributed by atoms with Gasteiger partial charge in [-0.15, -0.1) is 0 Å². The molecule has 7 aromatic carbocycles. The van der Waals surface area contributed by atoms with E-state index in [1.54, 1.807) is 0 Å². The van der Waals surface area contributed by atoms with Gasteiger partial charge in [0.2, 0.25) is 0 Å². The fourth-order valence-electron chi connectivity index (χ4n) is 7.94. The quantitative estimate of drug-likeness (QED) is 0.137. The fourth-order valence-corrected chi connectivity index (χ4v) is 7.94. The first-order valence-electron chi connectivity index (χ1n) is 20.7. The molecule has 0 radical (unpaired) electrons. The summed E-state index contributed by atoms with van der Waals surface area (Å²) in [6.45, 7) is 2.19. The molecule has 0 bridgehead atoms. The molecule has 1 aliphatic rings. The molecule has 0 fully saturated rings. The third kappa shape index (κ3) is 8.06. The van der Waals surface area contributed by atoms with Crippen molar-refractivity contribution in [3.8, 4) is 90.5 Å². The van der Waals surface area contributed by atoms with E-state index >= 15 is 0 Å². The molecule has 0 amide bonds. The highest BCUT2D eigenvalue weighted by molar-refractivity contribution is 5.81. The summed E-state index contributed by atoms with van der Waals surface area (Å²) in [7, 11) is 0. The van der Waals surface area contributed by atoms with E-state index in [1.165, 1.54) is 22.3 Å². The molecule has 0 aliphatic heterocycles. The maximum Gasteiger partial charge on any atom is 0.172 e. The second-order valence-corrected chi connectivity index (χ2v) is 15.3. The fraction of sp³-hybridized carbons (Fsp3) is 0.0526. The molecule has 4 nitrogen and oxygen atoms in total. The number of benzene rings is 7. The summed E-state index contributed by atoms with van der Waals surface area (Å²) < 4.78 is 0. The van der Waals surface area contributed by atoms with Gasteiger partial charge in [-0.1, -0.05) is 213 Å². The van der Waals surface area contributed by atoms with Gasteiger partial charge in [0.25, 0.3) is 0 Å². The molecule has 2 aromatic heterocycles. The van der Waals surface area contributed by atoms with Gasteiger partial charge in [0.15, 0.2) is 17.5 Å². The van der Waals surface area contributed by atoms with Gasteiger partial charge < -0.3 is 0 Å². The second kappa shape index (κ2) is 16.7. The van der Waals surface area contributed by atoms with Crippen molar-refractivity contribution < 1.29 is 0 Å². The van der Waals surface area contributed by atoms with E-state index < -0.39 is 0 Å². The number of nitrogens with zero attached hydrogens (tertiary/aromatic N) is 4. The molecule has 9 aromatic rings. The van der Waals surface area contributed by atoms with Gasteiger partial charge in [-0.05, 0) is 57.1 Å². The molecule has 2 atom stereocenters. The average molecular weight is 781 g/mol. The van der Waals surface area contributed by atoms with Crippen molar-refractivity contribution in [3.63, 3.8) is 0 Å². The molecule has 2 unspecified atom stereocenters.